The number of rotatable bonds is 9. The van der Waals surface area contributed by atoms with Crippen LogP contribution in [0.3, 0.4) is 0 Å². The fraction of sp³-hybridized carbons (Fsp3) is 0.500. The van der Waals surface area contributed by atoms with Gasteiger partial charge in [-0.05, 0) is 49.3 Å². The van der Waals surface area contributed by atoms with Crippen molar-refractivity contribution in [1.29, 1.82) is 0 Å². The van der Waals surface area contributed by atoms with Gasteiger partial charge in [-0.15, -0.1) is 0 Å². The van der Waals surface area contributed by atoms with Crippen LogP contribution < -0.4 is 11.1 Å². The number of benzene rings is 1. The molecule has 0 bridgehead atoms. The Bertz CT molecular complexity index is 923. The highest BCUT2D eigenvalue weighted by Crippen LogP contribution is 2.21. The highest BCUT2D eigenvalue weighted by atomic mass is 32.2. The number of piperidine rings is 1. The normalized spacial score (nSPS) is 16.8. The molecule has 1 fully saturated rings. The average molecular weight is 447 g/mol. The fourth-order valence-electron chi connectivity index (χ4n) is 4.00. The number of nitrogens with one attached hydrogen (secondary N) is 2. The average Bonchev–Trinajstić information content (AvgIpc) is 3.18. The minimum Gasteiger partial charge on any atom is -0.480 e. The molecule has 2 aromatic rings. The predicted octanol–water partition coefficient (Wildman–Crippen LogP) is 1.60. The molecule has 0 unspecified atom stereocenters. The molecule has 0 radical (unpaired) electrons. The third-order valence-corrected chi connectivity index (χ3v) is 6.48. The molecule has 0 saturated carbocycles. The first-order valence-corrected chi connectivity index (χ1v) is 11.9. The number of hydrogen-bond acceptors (Lipinski definition) is 5. The van der Waals surface area contributed by atoms with Crippen LogP contribution in [0.2, 0.25) is 0 Å². The van der Waals surface area contributed by atoms with E-state index in [0.29, 0.717) is 44.5 Å². The molecule has 0 spiro atoms. The van der Waals surface area contributed by atoms with E-state index in [1.807, 2.05) is 36.7 Å². The molecule has 8 nitrogen and oxygen atoms in total. The lowest BCUT2D eigenvalue weighted by atomic mass is 9.94. The molecule has 1 aliphatic heterocycles. The molecule has 3 rings (SSSR count). The van der Waals surface area contributed by atoms with Gasteiger partial charge in [-0.25, -0.2) is 4.79 Å². The monoisotopic (exact) mass is 446 g/mol. The number of aromatic nitrogens is 1. The quantitative estimate of drug-likeness (QED) is 0.463. The number of carbonyl (C=O) groups is 3. The standard InChI is InChI=1S/C22H30N4O4S/c1-31-11-8-19(22(29)30)25-20(27)14-6-9-26(10-7-14)21(28)17(23)12-15-13-24-18-5-3-2-4-16(15)18/h2-5,13-14,17,19,24H,6-12,23H2,1H3,(H,25,27)(H,29,30)/t17-,19-/m0/s1. The van der Waals surface area contributed by atoms with Crippen molar-refractivity contribution in [2.45, 2.75) is 37.8 Å². The summed E-state index contributed by atoms with van der Waals surface area (Å²) in [6.07, 6.45) is 5.64. The maximum absolute atomic E-state index is 12.8. The summed E-state index contributed by atoms with van der Waals surface area (Å²) in [6.45, 7) is 0.891. The summed E-state index contributed by atoms with van der Waals surface area (Å²) in [7, 11) is 0. The zero-order valence-corrected chi connectivity index (χ0v) is 18.5. The SMILES string of the molecule is CSCC[C@H](NC(=O)C1CCN(C(=O)[C@@H](N)Cc2c[nH]c3ccccc23)CC1)C(=O)O. The summed E-state index contributed by atoms with van der Waals surface area (Å²) in [5.74, 6) is -1.00. The molecule has 2 heterocycles. The third kappa shape index (κ3) is 5.80. The molecule has 2 amide bonds. The Hall–Kier alpha value is -2.52. The Morgan fingerprint density at radius 1 is 1.29 bits per heavy atom. The van der Waals surface area contributed by atoms with Gasteiger partial charge in [-0.2, -0.15) is 11.8 Å². The van der Waals surface area contributed by atoms with Crippen LogP contribution in [0.1, 0.15) is 24.8 Å². The van der Waals surface area contributed by atoms with Crippen molar-refractivity contribution in [1.82, 2.24) is 15.2 Å². The van der Waals surface area contributed by atoms with Crippen molar-refractivity contribution >= 4 is 40.4 Å². The van der Waals surface area contributed by atoms with Crippen molar-refractivity contribution in [2.24, 2.45) is 11.7 Å². The number of nitrogens with zero attached hydrogens (tertiary/aromatic N) is 1. The summed E-state index contributed by atoms with van der Waals surface area (Å²) < 4.78 is 0. The van der Waals surface area contributed by atoms with E-state index in [4.69, 9.17) is 5.73 Å². The largest absolute Gasteiger partial charge is 0.480 e. The summed E-state index contributed by atoms with van der Waals surface area (Å²) in [5.41, 5.74) is 8.24. The van der Waals surface area contributed by atoms with Gasteiger partial charge < -0.3 is 26.0 Å². The molecular formula is C22H30N4O4S. The zero-order valence-electron chi connectivity index (χ0n) is 17.7. The summed E-state index contributed by atoms with van der Waals surface area (Å²) in [4.78, 5) is 41.6. The summed E-state index contributed by atoms with van der Waals surface area (Å²) in [5, 5.41) is 13.0. The number of aliphatic carboxylic acids is 1. The van der Waals surface area contributed by atoms with Gasteiger partial charge in [0.2, 0.25) is 11.8 Å². The molecular weight excluding hydrogens is 416 g/mol. The van der Waals surface area contributed by atoms with Crippen molar-refractivity contribution in [3.63, 3.8) is 0 Å². The Morgan fingerprint density at radius 3 is 2.68 bits per heavy atom. The Kier molecular flexibility index (Phi) is 7.97. The lowest BCUT2D eigenvalue weighted by Gasteiger charge is -2.33. The smallest absolute Gasteiger partial charge is 0.326 e. The zero-order chi connectivity index (χ0) is 22.4. The minimum atomic E-state index is -1.02. The van der Waals surface area contributed by atoms with E-state index in [1.165, 1.54) is 0 Å². The number of likely N-dealkylation sites (tertiary alicyclic amines) is 1. The molecule has 5 N–H and O–H groups in total. The number of fused-ring (bicyclic) bond motifs is 1. The first-order chi connectivity index (χ1) is 14.9. The molecule has 1 aromatic heterocycles. The third-order valence-electron chi connectivity index (χ3n) is 5.83. The van der Waals surface area contributed by atoms with Gasteiger partial charge >= 0.3 is 5.97 Å². The number of hydrogen-bond donors (Lipinski definition) is 4. The number of H-pyrrole nitrogens is 1. The highest BCUT2D eigenvalue weighted by Gasteiger charge is 2.31. The number of carboxylic acids is 1. The van der Waals surface area contributed by atoms with Crippen molar-refractivity contribution in [3.8, 4) is 0 Å². The molecule has 9 heteroatoms. The summed E-state index contributed by atoms with van der Waals surface area (Å²) in [6, 6.07) is 6.38. The number of aromatic amines is 1. The second kappa shape index (κ2) is 10.7. The second-order valence-electron chi connectivity index (χ2n) is 7.95. The fourth-order valence-corrected chi connectivity index (χ4v) is 4.48. The first kappa shape index (κ1) is 23.1. The number of para-hydroxylation sites is 1. The molecule has 1 saturated heterocycles. The van der Waals surface area contributed by atoms with E-state index < -0.39 is 18.1 Å². The van der Waals surface area contributed by atoms with Crippen LogP contribution in [-0.4, -0.2) is 70.0 Å². The van der Waals surface area contributed by atoms with Crippen LogP contribution in [-0.2, 0) is 20.8 Å². The highest BCUT2D eigenvalue weighted by molar-refractivity contribution is 7.98. The topological polar surface area (TPSA) is 129 Å². The maximum Gasteiger partial charge on any atom is 0.326 e. The van der Waals surface area contributed by atoms with Gasteiger partial charge in [0, 0.05) is 36.1 Å². The first-order valence-electron chi connectivity index (χ1n) is 10.5. The van der Waals surface area contributed by atoms with Crippen LogP contribution in [0, 0.1) is 5.92 Å². The molecule has 2 atom stereocenters. The Balaban J connectivity index is 1.50. The molecule has 0 aliphatic carbocycles. The van der Waals surface area contributed by atoms with Crippen LogP contribution in [0.15, 0.2) is 30.5 Å². The molecule has 168 valence electrons. The van der Waals surface area contributed by atoms with Gasteiger partial charge in [0.05, 0.1) is 6.04 Å². The van der Waals surface area contributed by atoms with E-state index in [9.17, 15) is 19.5 Å². The van der Waals surface area contributed by atoms with E-state index in [-0.39, 0.29) is 17.7 Å². The number of thioether (sulfide) groups is 1. The van der Waals surface area contributed by atoms with Gasteiger partial charge in [-0.1, -0.05) is 18.2 Å². The molecule has 31 heavy (non-hydrogen) atoms. The maximum atomic E-state index is 12.8. The van der Waals surface area contributed by atoms with Crippen molar-refractivity contribution in [3.05, 3.63) is 36.0 Å². The minimum absolute atomic E-state index is 0.118. The lowest BCUT2D eigenvalue weighted by molar-refractivity contribution is -0.143. The van der Waals surface area contributed by atoms with E-state index in [0.717, 1.165) is 16.5 Å². The number of carboxylic acid groups (broad SMARTS) is 1. The van der Waals surface area contributed by atoms with Crippen LogP contribution >= 0.6 is 11.8 Å². The predicted molar refractivity (Wildman–Crippen MR) is 122 cm³/mol. The Morgan fingerprint density at radius 2 is 2.00 bits per heavy atom. The van der Waals surface area contributed by atoms with Gasteiger partial charge in [-0.3, -0.25) is 9.59 Å². The van der Waals surface area contributed by atoms with Crippen molar-refractivity contribution in [2.75, 3.05) is 25.1 Å². The second-order valence-corrected chi connectivity index (χ2v) is 8.94. The van der Waals surface area contributed by atoms with Crippen LogP contribution in [0.25, 0.3) is 10.9 Å². The van der Waals surface area contributed by atoms with Gasteiger partial charge in [0.25, 0.3) is 0 Å². The lowest BCUT2D eigenvalue weighted by Crippen LogP contribution is -2.51. The molecule has 1 aromatic carbocycles. The van der Waals surface area contributed by atoms with Crippen LogP contribution in [0.5, 0.6) is 0 Å². The number of carbonyl (C=O) groups excluding carboxylic acids is 2. The van der Waals surface area contributed by atoms with Gasteiger partial charge in [0.15, 0.2) is 0 Å². The van der Waals surface area contributed by atoms with Gasteiger partial charge in [0.1, 0.15) is 6.04 Å². The van der Waals surface area contributed by atoms with E-state index in [2.05, 4.69) is 10.3 Å². The van der Waals surface area contributed by atoms with E-state index in [1.54, 1.807) is 16.7 Å². The summed E-state index contributed by atoms with van der Waals surface area (Å²) >= 11 is 1.55. The van der Waals surface area contributed by atoms with Crippen molar-refractivity contribution < 1.29 is 19.5 Å². The Labute approximate surface area is 185 Å². The number of nitrogens with two attached hydrogens (primary N) is 1. The molecule has 1 aliphatic rings. The van der Waals surface area contributed by atoms with E-state index >= 15 is 0 Å². The van der Waals surface area contributed by atoms with Crippen LogP contribution in [0.4, 0.5) is 0 Å². The number of amides is 2.